The van der Waals surface area contributed by atoms with Crippen LogP contribution in [0.25, 0.3) is 32.9 Å². The number of aliphatic hydroxyl groups excluding tert-OH is 1. The second kappa shape index (κ2) is 14.3. The van der Waals surface area contributed by atoms with Crippen LogP contribution in [0, 0.1) is 28.9 Å². The molecule has 2 bridgehead atoms. The molecule has 0 unspecified atom stereocenters. The quantitative estimate of drug-likeness (QED) is 0.166. The standard InChI is InChI=1S/C44H52F2N6O7/c1-6-27-30(45)9-7-23-13-26(58-22-55-5)15-29(34(23)27)37-36(46)38-35-39(49-41(48-38)57-21-44(11-12-44)20-50-16-24-14-28(24)32(50)18-53)51-17-25-8-10-31(33(51)19-56-40(35)47-37)52(25)42(54)59-43(2,3)4/h7,9,13,15,24-25,28,31-33,53H,6,8,10-12,14,16-22H2,1-5H3/t24-,25+,28-,31-,32+,33+/m0/s1. The van der Waals surface area contributed by atoms with Gasteiger partial charge in [0.15, 0.2) is 12.6 Å². The van der Waals surface area contributed by atoms with Gasteiger partial charge in [0.1, 0.15) is 46.2 Å². The summed E-state index contributed by atoms with van der Waals surface area (Å²) in [7, 11) is 1.51. The van der Waals surface area contributed by atoms with Gasteiger partial charge in [-0.25, -0.2) is 18.6 Å². The highest BCUT2D eigenvalue weighted by molar-refractivity contribution is 6.03. The van der Waals surface area contributed by atoms with Gasteiger partial charge in [0.2, 0.25) is 5.88 Å². The van der Waals surface area contributed by atoms with Crippen molar-refractivity contribution in [2.75, 3.05) is 58.3 Å². The van der Waals surface area contributed by atoms with Crippen LogP contribution in [0.2, 0.25) is 0 Å². The van der Waals surface area contributed by atoms with Gasteiger partial charge in [-0.3, -0.25) is 9.80 Å². The number of rotatable bonds is 11. The Labute approximate surface area is 341 Å². The number of aromatic nitrogens is 3. The lowest BCUT2D eigenvalue weighted by Gasteiger charge is -2.46. The average Bonchev–Trinajstić information content (AvgIpc) is 4.11. The lowest BCUT2D eigenvalue weighted by molar-refractivity contribution is 0.00537. The Morgan fingerprint density at radius 3 is 2.63 bits per heavy atom. The Hall–Kier alpha value is -4.60. The minimum Gasteiger partial charge on any atom is -0.475 e. The largest absolute Gasteiger partial charge is 0.475 e. The van der Waals surface area contributed by atoms with Crippen molar-refractivity contribution in [1.29, 1.82) is 0 Å². The Balaban J connectivity index is 1.09. The molecule has 6 heterocycles. The maximum Gasteiger partial charge on any atom is 0.410 e. The number of aryl methyl sites for hydroxylation is 1. The molecular weight excluding hydrogens is 763 g/mol. The van der Waals surface area contributed by atoms with Crippen LogP contribution in [0.4, 0.5) is 19.4 Å². The number of carbonyl (C=O) groups is 1. The van der Waals surface area contributed by atoms with Gasteiger partial charge in [0.05, 0.1) is 31.3 Å². The second-order valence-electron chi connectivity index (χ2n) is 18.5. The van der Waals surface area contributed by atoms with E-state index in [4.69, 9.17) is 38.6 Å². The van der Waals surface area contributed by atoms with E-state index in [0.29, 0.717) is 70.3 Å². The lowest BCUT2D eigenvalue weighted by Crippen LogP contribution is -2.63. The van der Waals surface area contributed by atoms with Crippen LogP contribution < -0.4 is 19.1 Å². The number of amides is 1. The molecule has 6 aliphatic rings. The summed E-state index contributed by atoms with van der Waals surface area (Å²) in [6.45, 7) is 10.2. The maximum absolute atomic E-state index is 17.7. The minimum absolute atomic E-state index is 0.0248. The van der Waals surface area contributed by atoms with E-state index in [0.717, 1.165) is 38.8 Å². The maximum atomic E-state index is 17.7. The van der Waals surface area contributed by atoms with Gasteiger partial charge in [-0.1, -0.05) is 13.0 Å². The number of anilines is 1. The molecule has 314 valence electrons. The molecule has 2 saturated carbocycles. The van der Waals surface area contributed by atoms with Crippen molar-refractivity contribution in [3.8, 4) is 28.9 Å². The summed E-state index contributed by atoms with van der Waals surface area (Å²) >= 11 is 0. The molecule has 5 fully saturated rings. The molecule has 2 aromatic carbocycles. The van der Waals surface area contributed by atoms with Gasteiger partial charge in [-0.2, -0.15) is 9.97 Å². The molecule has 3 saturated heterocycles. The summed E-state index contributed by atoms with van der Waals surface area (Å²) in [5, 5.41) is 11.6. The summed E-state index contributed by atoms with van der Waals surface area (Å²) in [5.41, 5.74) is -0.146. The Morgan fingerprint density at radius 1 is 1.05 bits per heavy atom. The van der Waals surface area contributed by atoms with Crippen molar-refractivity contribution < 1.29 is 42.4 Å². The second-order valence-corrected chi connectivity index (χ2v) is 18.5. The molecule has 4 aliphatic heterocycles. The van der Waals surface area contributed by atoms with Crippen LogP contribution >= 0.6 is 0 Å². The zero-order valence-corrected chi connectivity index (χ0v) is 34.3. The van der Waals surface area contributed by atoms with E-state index in [-0.39, 0.29) is 78.8 Å². The first kappa shape index (κ1) is 38.6. The van der Waals surface area contributed by atoms with Crippen LogP contribution in [0.3, 0.4) is 0 Å². The summed E-state index contributed by atoms with van der Waals surface area (Å²) in [5.74, 6) is 1.08. The fourth-order valence-corrected chi connectivity index (χ4v) is 10.4. The minimum atomic E-state index is -0.727. The summed E-state index contributed by atoms with van der Waals surface area (Å²) in [4.78, 5) is 34.7. The summed E-state index contributed by atoms with van der Waals surface area (Å²) < 4.78 is 63.2. The molecule has 2 aliphatic carbocycles. The first-order valence-corrected chi connectivity index (χ1v) is 21.1. The number of benzene rings is 2. The number of likely N-dealkylation sites (tertiary alicyclic amines) is 1. The van der Waals surface area contributed by atoms with Gasteiger partial charge in [-0.15, -0.1) is 0 Å². The third kappa shape index (κ3) is 6.67. The molecule has 1 amide bonds. The zero-order valence-electron chi connectivity index (χ0n) is 34.3. The van der Waals surface area contributed by atoms with Crippen molar-refractivity contribution in [1.82, 2.24) is 24.8 Å². The number of aliphatic hydroxyl groups is 1. The molecular formula is C44H52F2N6O7. The number of pyridine rings is 1. The SMILES string of the molecule is CCc1c(F)ccc2cc(OCOC)cc(-c3nc4c5c(nc(OCC6(CN7C[C@@H]8C[C@@H]8[C@H]7CO)CC6)nc5c3F)N3C[C@H]5CC[C@@H]([C@H]3CO4)N5C(=O)OC(C)(C)C)c12. The van der Waals surface area contributed by atoms with E-state index < -0.39 is 17.2 Å². The summed E-state index contributed by atoms with van der Waals surface area (Å²) in [6, 6.07) is 5.93. The molecule has 0 radical (unpaired) electrons. The van der Waals surface area contributed by atoms with Crippen LogP contribution in [-0.4, -0.2) is 119 Å². The predicted octanol–water partition coefficient (Wildman–Crippen LogP) is 6.49. The molecule has 13 nitrogen and oxygen atoms in total. The lowest BCUT2D eigenvalue weighted by atomic mass is 9.94. The topological polar surface area (TPSA) is 132 Å². The number of hydrogen-bond donors (Lipinski definition) is 1. The smallest absolute Gasteiger partial charge is 0.410 e. The molecule has 15 heteroatoms. The van der Waals surface area contributed by atoms with Gasteiger partial charge >= 0.3 is 12.1 Å². The Bertz CT molecular complexity index is 2340. The van der Waals surface area contributed by atoms with Crippen molar-refractivity contribution in [3.05, 3.63) is 41.5 Å². The van der Waals surface area contributed by atoms with Crippen molar-refractivity contribution in [2.45, 2.75) is 96.0 Å². The van der Waals surface area contributed by atoms with Gasteiger partial charge in [0, 0.05) is 43.8 Å². The van der Waals surface area contributed by atoms with E-state index in [1.165, 1.54) is 19.6 Å². The van der Waals surface area contributed by atoms with Crippen molar-refractivity contribution in [3.63, 3.8) is 0 Å². The van der Waals surface area contributed by atoms with Gasteiger partial charge < -0.3 is 33.7 Å². The van der Waals surface area contributed by atoms with E-state index in [9.17, 15) is 9.90 Å². The highest BCUT2D eigenvalue weighted by Gasteiger charge is 2.56. The number of methoxy groups -OCH3 is 1. The molecule has 10 rings (SSSR count). The third-order valence-corrected chi connectivity index (χ3v) is 13.5. The van der Waals surface area contributed by atoms with Crippen molar-refractivity contribution in [2.24, 2.45) is 17.3 Å². The summed E-state index contributed by atoms with van der Waals surface area (Å²) in [6.07, 6.45) is 4.62. The Kier molecular flexibility index (Phi) is 9.33. The number of nitrogens with zero attached hydrogens (tertiary/aromatic N) is 6. The number of hydrogen-bond acceptors (Lipinski definition) is 12. The highest BCUT2D eigenvalue weighted by Crippen LogP contribution is 2.54. The van der Waals surface area contributed by atoms with Crippen LogP contribution in [0.15, 0.2) is 24.3 Å². The molecule has 2 aromatic heterocycles. The number of ether oxygens (including phenoxy) is 5. The number of fused-ring (bicyclic) bond motifs is 7. The molecule has 1 N–H and O–H groups in total. The van der Waals surface area contributed by atoms with Gasteiger partial charge in [0.25, 0.3) is 0 Å². The van der Waals surface area contributed by atoms with Crippen LogP contribution in [0.1, 0.15) is 65.4 Å². The van der Waals surface area contributed by atoms with Crippen molar-refractivity contribution >= 4 is 33.6 Å². The number of piperazine rings is 1. The number of halogens is 2. The molecule has 0 spiro atoms. The first-order chi connectivity index (χ1) is 28.4. The van der Waals surface area contributed by atoms with E-state index in [1.54, 1.807) is 18.2 Å². The normalized spacial score (nSPS) is 26.4. The van der Waals surface area contributed by atoms with E-state index >= 15 is 8.78 Å². The van der Waals surface area contributed by atoms with E-state index in [2.05, 4.69) is 9.80 Å². The highest BCUT2D eigenvalue weighted by atomic mass is 19.1. The number of carbonyl (C=O) groups excluding carboxylic acids is 1. The first-order valence-electron chi connectivity index (χ1n) is 21.1. The fourth-order valence-electron chi connectivity index (χ4n) is 10.4. The average molecular weight is 815 g/mol. The molecule has 59 heavy (non-hydrogen) atoms. The zero-order chi connectivity index (χ0) is 41.0. The fraction of sp³-hybridized carbons (Fsp3) is 0.591. The predicted molar refractivity (Wildman–Crippen MR) is 215 cm³/mol. The van der Waals surface area contributed by atoms with E-state index in [1.807, 2.05) is 32.6 Å². The van der Waals surface area contributed by atoms with Gasteiger partial charge in [-0.05, 0) is 106 Å². The monoisotopic (exact) mass is 814 g/mol. The van der Waals surface area contributed by atoms with Crippen LogP contribution in [-0.2, 0) is 15.9 Å². The number of piperidine rings is 1. The molecule has 6 atom stereocenters. The molecule has 4 aromatic rings. The van der Waals surface area contributed by atoms with Crippen LogP contribution in [0.5, 0.6) is 17.6 Å². The Morgan fingerprint density at radius 2 is 1.88 bits per heavy atom. The third-order valence-electron chi connectivity index (χ3n) is 13.5.